The summed E-state index contributed by atoms with van der Waals surface area (Å²) in [7, 11) is 0. The molecule has 1 heterocycles. The SMILES string of the molecule is CCCC1CC(=O)N(CCC(=O)OCC)C1. The second-order valence-corrected chi connectivity index (χ2v) is 4.25. The molecule has 0 radical (unpaired) electrons. The number of carbonyl (C=O) groups is 2. The first-order chi connectivity index (χ1) is 7.67. The molecule has 4 heteroatoms. The molecule has 0 aromatic rings. The molecule has 1 rings (SSSR count). The second kappa shape index (κ2) is 6.51. The van der Waals surface area contributed by atoms with Gasteiger partial charge in [0.2, 0.25) is 5.91 Å². The van der Waals surface area contributed by atoms with E-state index in [-0.39, 0.29) is 11.9 Å². The van der Waals surface area contributed by atoms with Gasteiger partial charge >= 0.3 is 5.97 Å². The molecular formula is C12H21NO3. The lowest BCUT2D eigenvalue weighted by molar-refractivity contribution is -0.143. The first kappa shape index (κ1) is 13.0. The molecule has 0 N–H and O–H groups in total. The lowest BCUT2D eigenvalue weighted by Gasteiger charge is -2.15. The lowest BCUT2D eigenvalue weighted by atomic mass is 10.0. The smallest absolute Gasteiger partial charge is 0.307 e. The summed E-state index contributed by atoms with van der Waals surface area (Å²) in [4.78, 5) is 24.5. The number of nitrogens with zero attached hydrogens (tertiary/aromatic N) is 1. The van der Waals surface area contributed by atoms with Gasteiger partial charge in [0.1, 0.15) is 0 Å². The number of ether oxygens (including phenoxy) is 1. The third kappa shape index (κ3) is 3.83. The van der Waals surface area contributed by atoms with Gasteiger partial charge in [-0.2, -0.15) is 0 Å². The van der Waals surface area contributed by atoms with Crippen molar-refractivity contribution in [3.05, 3.63) is 0 Å². The van der Waals surface area contributed by atoms with Crippen LogP contribution >= 0.6 is 0 Å². The molecule has 1 aliphatic heterocycles. The predicted molar refractivity (Wildman–Crippen MR) is 60.8 cm³/mol. The summed E-state index contributed by atoms with van der Waals surface area (Å²) in [5, 5.41) is 0. The van der Waals surface area contributed by atoms with Crippen molar-refractivity contribution in [1.29, 1.82) is 0 Å². The Balaban J connectivity index is 2.27. The first-order valence-electron chi connectivity index (χ1n) is 6.10. The molecule has 1 aliphatic rings. The minimum atomic E-state index is -0.214. The molecular weight excluding hydrogens is 206 g/mol. The zero-order valence-corrected chi connectivity index (χ0v) is 10.2. The number of rotatable bonds is 6. The third-order valence-electron chi connectivity index (χ3n) is 2.88. The van der Waals surface area contributed by atoms with Crippen molar-refractivity contribution < 1.29 is 14.3 Å². The number of hydrogen-bond donors (Lipinski definition) is 0. The summed E-state index contributed by atoms with van der Waals surface area (Å²) in [5.74, 6) is 0.455. The van der Waals surface area contributed by atoms with E-state index in [1.54, 1.807) is 11.8 Å². The molecule has 0 saturated carbocycles. The predicted octanol–water partition coefficient (Wildman–Crippen LogP) is 1.59. The zero-order valence-electron chi connectivity index (χ0n) is 10.2. The highest BCUT2D eigenvalue weighted by Crippen LogP contribution is 2.22. The standard InChI is InChI=1S/C12H21NO3/c1-3-5-10-8-11(14)13(9-10)7-6-12(15)16-4-2/h10H,3-9H2,1-2H3. The molecule has 4 nitrogen and oxygen atoms in total. The summed E-state index contributed by atoms with van der Waals surface area (Å²) in [6.07, 6.45) is 3.18. The van der Waals surface area contributed by atoms with E-state index in [1.165, 1.54) is 0 Å². The molecule has 16 heavy (non-hydrogen) atoms. The Kier molecular flexibility index (Phi) is 5.29. The van der Waals surface area contributed by atoms with Crippen LogP contribution in [0, 0.1) is 5.92 Å². The van der Waals surface area contributed by atoms with Gasteiger partial charge in [0, 0.05) is 19.5 Å². The largest absolute Gasteiger partial charge is 0.466 e. The van der Waals surface area contributed by atoms with Crippen LogP contribution in [0.2, 0.25) is 0 Å². The van der Waals surface area contributed by atoms with Crippen molar-refractivity contribution in [2.75, 3.05) is 19.7 Å². The maximum absolute atomic E-state index is 11.6. The van der Waals surface area contributed by atoms with Crippen molar-refractivity contribution in [2.24, 2.45) is 5.92 Å². The minimum Gasteiger partial charge on any atom is -0.466 e. The highest BCUT2D eigenvalue weighted by atomic mass is 16.5. The van der Waals surface area contributed by atoms with E-state index in [4.69, 9.17) is 4.74 Å². The van der Waals surface area contributed by atoms with E-state index in [1.807, 2.05) is 0 Å². The highest BCUT2D eigenvalue weighted by Gasteiger charge is 2.28. The van der Waals surface area contributed by atoms with Crippen LogP contribution in [0.1, 0.15) is 39.5 Å². The topological polar surface area (TPSA) is 46.6 Å². The molecule has 0 bridgehead atoms. The van der Waals surface area contributed by atoms with Crippen molar-refractivity contribution in [3.63, 3.8) is 0 Å². The van der Waals surface area contributed by atoms with Crippen molar-refractivity contribution in [3.8, 4) is 0 Å². The summed E-state index contributed by atoms with van der Waals surface area (Å²) in [6, 6.07) is 0. The number of likely N-dealkylation sites (tertiary alicyclic amines) is 1. The van der Waals surface area contributed by atoms with E-state index in [0.29, 0.717) is 31.9 Å². The summed E-state index contributed by atoms with van der Waals surface area (Å²) < 4.78 is 4.83. The second-order valence-electron chi connectivity index (χ2n) is 4.25. The Hall–Kier alpha value is -1.06. The van der Waals surface area contributed by atoms with Gasteiger partial charge in [-0.1, -0.05) is 13.3 Å². The Morgan fingerprint density at radius 2 is 2.25 bits per heavy atom. The van der Waals surface area contributed by atoms with Gasteiger partial charge in [-0.3, -0.25) is 9.59 Å². The van der Waals surface area contributed by atoms with Gasteiger partial charge in [0.05, 0.1) is 13.0 Å². The van der Waals surface area contributed by atoms with Crippen LogP contribution in [0.3, 0.4) is 0 Å². The average molecular weight is 227 g/mol. The molecule has 1 amide bonds. The van der Waals surface area contributed by atoms with Crippen LogP contribution in [-0.2, 0) is 14.3 Å². The fourth-order valence-corrected chi connectivity index (χ4v) is 2.13. The Morgan fingerprint density at radius 1 is 1.50 bits per heavy atom. The first-order valence-corrected chi connectivity index (χ1v) is 6.10. The highest BCUT2D eigenvalue weighted by molar-refractivity contribution is 5.79. The van der Waals surface area contributed by atoms with Gasteiger partial charge in [0.25, 0.3) is 0 Å². The monoisotopic (exact) mass is 227 g/mol. The Labute approximate surface area is 96.9 Å². The zero-order chi connectivity index (χ0) is 12.0. The van der Waals surface area contributed by atoms with Gasteiger partial charge in [-0.05, 0) is 19.3 Å². The fourth-order valence-electron chi connectivity index (χ4n) is 2.13. The number of hydrogen-bond acceptors (Lipinski definition) is 3. The van der Waals surface area contributed by atoms with Crippen LogP contribution in [0.25, 0.3) is 0 Å². The fraction of sp³-hybridized carbons (Fsp3) is 0.833. The van der Waals surface area contributed by atoms with E-state index in [2.05, 4.69) is 6.92 Å². The molecule has 0 aliphatic carbocycles. The van der Waals surface area contributed by atoms with Crippen molar-refractivity contribution in [2.45, 2.75) is 39.5 Å². The summed E-state index contributed by atoms with van der Waals surface area (Å²) in [5.41, 5.74) is 0. The normalized spacial score (nSPS) is 20.2. The van der Waals surface area contributed by atoms with Crippen LogP contribution < -0.4 is 0 Å². The van der Waals surface area contributed by atoms with Crippen LogP contribution in [0.15, 0.2) is 0 Å². The van der Waals surface area contributed by atoms with Crippen LogP contribution in [-0.4, -0.2) is 36.5 Å². The van der Waals surface area contributed by atoms with E-state index in [9.17, 15) is 9.59 Å². The van der Waals surface area contributed by atoms with Gasteiger partial charge in [-0.25, -0.2) is 0 Å². The molecule has 1 atom stereocenters. The molecule has 1 fully saturated rings. The number of esters is 1. The van der Waals surface area contributed by atoms with Crippen LogP contribution in [0.4, 0.5) is 0 Å². The minimum absolute atomic E-state index is 0.183. The maximum Gasteiger partial charge on any atom is 0.307 e. The molecule has 0 aromatic heterocycles. The van der Waals surface area contributed by atoms with E-state index < -0.39 is 0 Å². The number of carbonyl (C=O) groups excluding carboxylic acids is 2. The number of amides is 1. The third-order valence-corrected chi connectivity index (χ3v) is 2.88. The quantitative estimate of drug-likeness (QED) is 0.647. The molecule has 1 saturated heterocycles. The summed E-state index contributed by atoms with van der Waals surface area (Å²) in [6.45, 7) is 5.65. The molecule has 0 spiro atoms. The van der Waals surface area contributed by atoms with Crippen molar-refractivity contribution >= 4 is 11.9 Å². The Bertz CT molecular complexity index is 253. The van der Waals surface area contributed by atoms with E-state index in [0.717, 1.165) is 19.4 Å². The van der Waals surface area contributed by atoms with Crippen LogP contribution in [0.5, 0.6) is 0 Å². The van der Waals surface area contributed by atoms with Gasteiger partial charge in [0.15, 0.2) is 0 Å². The van der Waals surface area contributed by atoms with Crippen molar-refractivity contribution in [1.82, 2.24) is 4.90 Å². The van der Waals surface area contributed by atoms with Gasteiger partial charge in [-0.15, -0.1) is 0 Å². The molecule has 92 valence electrons. The maximum atomic E-state index is 11.6. The Morgan fingerprint density at radius 3 is 2.88 bits per heavy atom. The lowest BCUT2D eigenvalue weighted by Crippen LogP contribution is -2.28. The molecule has 1 unspecified atom stereocenters. The molecule has 0 aromatic carbocycles. The average Bonchev–Trinajstić information content (AvgIpc) is 2.57. The van der Waals surface area contributed by atoms with Gasteiger partial charge < -0.3 is 9.64 Å². The van der Waals surface area contributed by atoms with E-state index >= 15 is 0 Å². The summed E-state index contributed by atoms with van der Waals surface area (Å²) >= 11 is 0.